The molecule has 0 saturated carbocycles. The van der Waals surface area contributed by atoms with Crippen LogP contribution < -0.4 is 0 Å². The molecule has 0 heterocycles. The van der Waals surface area contributed by atoms with Crippen LogP contribution in [0.4, 0.5) is 0 Å². The van der Waals surface area contributed by atoms with Crippen molar-refractivity contribution in [1.82, 2.24) is 0 Å². The van der Waals surface area contributed by atoms with Gasteiger partial charge in [0.2, 0.25) is 0 Å². The van der Waals surface area contributed by atoms with E-state index in [0.717, 1.165) is 0 Å². The van der Waals surface area contributed by atoms with E-state index in [2.05, 4.69) is 19.7 Å². The number of phosphoric ester groups is 1. The number of ether oxygens (including phenoxy) is 3. The zero-order valence-corrected chi connectivity index (χ0v) is 22.9. The Hall–Kier alpha value is -1.39. The van der Waals surface area contributed by atoms with Gasteiger partial charge in [-0.1, -0.05) is 19.7 Å². The van der Waals surface area contributed by atoms with Crippen molar-refractivity contribution in [2.75, 3.05) is 37.5 Å². The first-order chi connectivity index (χ1) is 16.3. The van der Waals surface area contributed by atoms with Gasteiger partial charge in [0.05, 0.1) is 17.6 Å². The van der Waals surface area contributed by atoms with Gasteiger partial charge < -0.3 is 14.2 Å². The van der Waals surface area contributed by atoms with Crippen LogP contribution in [0.2, 0.25) is 0 Å². The second-order valence-electron chi connectivity index (χ2n) is 7.23. The van der Waals surface area contributed by atoms with E-state index in [0.29, 0.717) is 0 Å². The summed E-state index contributed by atoms with van der Waals surface area (Å²) in [6.07, 6.45) is -3.48. The summed E-state index contributed by atoms with van der Waals surface area (Å²) in [4.78, 5) is 35.1. The van der Waals surface area contributed by atoms with Crippen molar-refractivity contribution in [3.8, 4) is 0 Å². The van der Waals surface area contributed by atoms with Crippen LogP contribution in [0, 0.1) is 0 Å². The van der Waals surface area contributed by atoms with Gasteiger partial charge in [-0.15, -0.1) is 34.8 Å². The largest absolute Gasteiger partial charge is 0.476 e. The molecular weight excluding hydrogens is 550 g/mol. The summed E-state index contributed by atoms with van der Waals surface area (Å²) in [5.41, 5.74) is 0.367. The van der Waals surface area contributed by atoms with Gasteiger partial charge in [0.15, 0.2) is 0 Å². The number of alkyl halides is 3. The molecule has 0 saturated heterocycles. The minimum atomic E-state index is -4.58. The minimum Gasteiger partial charge on any atom is -0.460 e. The van der Waals surface area contributed by atoms with Crippen LogP contribution >= 0.6 is 42.6 Å². The maximum Gasteiger partial charge on any atom is 0.476 e. The van der Waals surface area contributed by atoms with Crippen molar-refractivity contribution in [3.05, 3.63) is 36.5 Å². The standard InChI is InChI=1S/C21H30Cl3O10P/c1-13(2)19(25)29-10-16(7-22)32-35(28,33-17(8-23)11-30-20(26)14(3)4)34-18(9-24)12-31-21(27)15(5)6/h16-18H,1,3,5,7-12H2,2,4,6H3. The van der Waals surface area contributed by atoms with Gasteiger partial charge >= 0.3 is 25.7 Å². The molecule has 0 aromatic carbocycles. The Balaban J connectivity index is 5.64. The highest BCUT2D eigenvalue weighted by Crippen LogP contribution is 2.53. The van der Waals surface area contributed by atoms with Crippen LogP contribution in [-0.2, 0) is 46.7 Å². The Bertz CT molecular complexity index is 728. The van der Waals surface area contributed by atoms with Gasteiger partial charge in [-0.2, -0.15) is 0 Å². The molecule has 14 heteroatoms. The summed E-state index contributed by atoms with van der Waals surface area (Å²) in [5, 5.41) is 0. The Kier molecular flexibility index (Phi) is 16.5. The molecule has 3 atom stereocenters. The average Bonchev–Trinajstić information content (AvgIpc) is 2.80. The number of hydrogen-bond acceptors (Lipinski definition) is 10. The quantitative estimate of drug-likeness (QED) is 0.0762. The molecule has 0 radical (unpaired) electrons. The first-order valence-corrected chi connectivity index (χ1v) is 13.2. The predicted molar refractivity (Wildman–Crippen MR) is 132 cm³/mol. The summed E-state index contributed by atoms with van der Waals surface area (Å²) < 4.78 is 44.8. The first-order valence-electron chi connectivity index (χ1n) is 10.1. The normalized spacial score (nSPS) is 15.1. The number of halogens is 3. The van der Waals surface area contributed by atoms with Gasteiger partial charge in [0.1, 0.15) is 38.1 Å². The summed E-state index contributed by atoms with van der Waals surface area (Å²) in [6.45, 7) is 13.4. The van der Waals surface area contributed by atoms with E-state index >= 15 is 0 Å². The van der Waals surface area contributed by atoms with Crippen LogP contribution in [0.1, 0.15) is 20.8 Å². The number of carbonyl (C=O) groups is 3. The molecule has 200 valence electrons. The van der Waals surface area contributed by atoms with E-state index in [9.17, 15) is 18.9 Å². The lowest BCUT2D eigenvalue weighted by atomic mass is 10.3. The fourth-order valence-corrected chi connectivity index (χ4v) is 4.18. The zero-order chi connectivity index (χ0) is 27.2. The topological polar surface area (TPSA) is 124 Å². The molecule has 0 N–H and O–H groups in total. The van der Waals surface area contributed by atoms with Gasteiger partial charge in [-0.25, -0.2) is 18.9 Å². The molecule has 0 aromatic heterocycles. The van der Waals surface area contributed by atoms with Crippen molar-refractivity contribution < 1.29 is 46.7 Å². The minimum absolute atomic E-state index is 0.122. The summed E-state index contributed by atoms with van der Waals surface area (Å²) in [7, 11) is -4.58. The molecule has 0 amide bonds. The smallest absolute Gasteiger partial charge is 0.460 e. The fourth-order valence-electron chi connectivity index (χ4n) is 1.81. The monoisotopic (exact) mass is 578 g/mol. The van der Waals surface area contributed by atoms with E-state index in [1.165, 1.54) is 20.8 Å². The van der Waals surface area contributed by atoms with Gasteiger partial charge in [-0.3, -0.25) is 13.6 Å². The molecule has 0 spiro atoms. The van der Waals surface area contributed by atoms with E-state index < -0.39 is 63.9 Å². The molecule has 0 bridgehead atoms. The van der Waals surface area contributed by atoms with E-state index in [1.807, 2.05) is 0 Å². The molecule has 0 aliphatic carbocycles. The van der Waals surface area contributed by atoms with Gasteiger partial charge in [0.25, 0.3) is 0 Å². The Morgan fingerprint density at radius 2 is 0.857 bits per heavy atom. The molecule has 10 nitrogen and oxygen atoms in total. The molecule has 0 rings (SSSR count). The molecule has 0 aliphatic rings. The lowest BCUT2D eigenvalue weighted by molar-refractivity contribution is -0.142. The number of hydrogen-bond donors (Lipinski definition) is 0. The first kappa shape index (κ1) is 33.6. The lowest BCUT2D eigenvalue weighted by Gasteiger charge is -2.28. The molecule has 35 heavy (non-hydrogen) atoms. The maximum atomic E-state index is 13.5. The summed E-state index contributed by atoms with van der Waals surface area (Å²) in [6, 6.07) is 0. The van der Waals surface area contributed by atoms with Gasteiger partial charge in [-0.05, 0) is 20.8 Å². The average molecular weight is 580 g/mol. The van der Waals surface area contributed by atoms with E-state index in [1.54, 1.807) is 0 Å². The Morgan fingerprint density at radius 3 is 1.03 bits per heavy atom. The van der Waals surface area contributed by atoms with Crippen LogP contribution in [-0.4, -0.2) is 73.7 Å². The number of rotatable bonds is 18. The second-order valence-corrected chi connectivity index (χ2v) is 9.68. The SMILES string of the molecule is C=C(C)C(=O)OCC(CCl)OP(=O)(OC(CCl)COC(=O)C(=C)C)OC(CCl)COC(=O)C(=C)C. The van der Waals surface area contributed by atoms with Crippen LogP contribution in [0.5, 0.6) is 0 Å². The summed E-state index contributed by atoms with van der Waals surface area (Å²) in [5.74, 6) is -3.03. The maximum absolute atomic E-state index is 13.5. The Morgan fingerprint density at radius 1 is 0.629 bits per heavy atom. The number of carbonyl (C=O) groups excluding carboxylic acids is 3. The van der Waals surface area contributed by atoms with Gasteiger partial charge in [0, 0.05) is 16.7 Å². The third-order valence-corrected chi connectivity index (χ3v) is 6.30. The highest BCUT2D eigenvalue weighted by atomic mass is 35.5. The molecule has 0 fully saturated rings. The highest BCUT2D eigenvalue weighted by Gasteiger charge is 2.38. The van der Waals surface area contributed by atoms with Crippen LogP contribution in [0.25, 0.3) is 0 Å². The molecule has 0 aromatic rings. The van der Waals surface area contributed by atoms with Crippen LogP contribution in [0.15, 0.2) is 36.5 Å². The van der Waals surface area contributed by atoms with Crippen molar-refractivity contribution in [2.45, 2.75) is 39.1 Å². The number of esters is 3. The highest BCUT2D eigenvalue weighted by molar-refractivity contribution is 7.48. The van der Waals surface area contributed by atoms with E-state index in [-0.39, 0.29) is 34.4 Å². The molecular formula is C21H30Cl3O10P. The van der Waals surface area contributed by atoms with E-state index in [4.69, 9.17) is 62.6 Å². The molecule has 0 aliphatic heterocycles. The zero-order valence-electron chi connectivity index (χ0n) is 19.8. The predicted octanol–water partition coefficient (Wildman–Crippen LogP) is 4.32. The second kappa shape index (κ2) is 17.1. The van der Waals surface area contributed by atoms with Crippen molar-refractivity contribution in [3.63, 3.8) is 0 Å². The number of phosphoric acid groups is 1. The lowest BCUT2D eigenvalue weighted by Crippen LogP contribution is -2.30. The third kappa shape index (κ3) is 14.1. The Labute approximate surface area is 220 Å². The fraction of sp³-hybridized carbons (Fsp3) is 0.571. The van der Waals surface area contributed by atoms with Crippen LogP contribution in [0.3, 0.4) is 0 Å². The molecule has 3 unspecified atom stereocenters. The van der Waals surface area contributed by atoms with Crippen molar-refractivity contribution in [1.29, 1.82) is 0 Å². The summed E-state index contributed by atoms with van der Waals surface area (Å²) >= 11 is 17.6. The van der Waals surface area contributed by atoms with Crippen molar-refractivity contribution in [2.24, 2.45) is 0 Å². The third-order valence-electron chi connectivity index (χ3n) is 3.60. The van der Waals surface area contributed by atoms with Crippen molar-refractivity contribution >= 4 is 60.5 Å².